The van der Waals surface area contributed by atoms with E-state index in [1.165, 1.54) is 0 Å². The molecule has 0 radical (unpaired) electrons. The molecule has 0 heterocycles. The molecule has 0 aliphatic rings. The molecule has 2 N–H and O–H groups in total. The molecule has 0 aliphatic carbocycles. The molecule has 0 saturated carbocycles. The van der Waals surface area contributed by atoms with E-state index < -0.39 is 0 Å². The molecule has 0 aromatic rings. The van der Waals surface area contributed by atoms with E-state index in [-0.39, 0.29) is 0 Å². The quantitative estimate of drug-likeness (QED) is 0.557. The monoisotopic (exact) mass is 309 g/mol. The second-order valence-electron chi connectivity index (χ2n) is 3.43. The van der Waals surface area contributed by atoms with Crippen LogP contribution in [0.15, 0.2) is 64.2 Å². The summed E-state index contributed by atoms with van der Waals surface area (Å²) in [4.78, 5) is 4.06. The number of nitrogens with one attached hydrogen (secondary N) is 2. The Balaban J connectivity index is 4.94. The van der Waals surface area contributed by atoms with E-state index in [4.69, 9.17) is 0 Å². The van der Waals surface area contributed by atoms with Crippen molar-refractivity contribution in [3.05, 3.63) is 59.2 Å². The van der Waals surface area contributed by atoms with E-state index in [9.17, 15) is 0 Å². The maximum atomic E-state index is 4.06. The van der Waals surface area contributed by atoms with Crippen LogP contribution in [0.1, 0.15) is 13.8 Å². The summed E-state index contributed by atoms with van der Waals surface area (Å²) >= 11 is 3.40. The van der Waals surface area contributed by atoms with E-state index in [1.807, 2.05) is 33.0 Å². The van der Waals surface area contributed by atoms with Gasteiger partial charge in [-0.15, -0.1) is 0 Å². The highest BCUT2D eigenvalue weighted by Crippen LogP contribution is 2.11. The van der Waals surface area contributed by atoms with Crippen LogP contribution < -0.4 is 10.6 Å². The number of rotatable bonds is 7. The molecule has 0 saturated heterocycles. The van der Waals surface area contributed by atoms with Gasteiger partial charge in [-0.1, -0.05) is 41.2 Å². The normalized spacial score (nSPS) is 13.7. The third-order valence-corrected chi connectivity index (χ3v) is 2.57. The summed E-state index contributed by atoms with van der Waals surface area (Å²) in [5.74, 6) is 0. The van der Waals surface area contributed by atoms with Gasteiger partial charge in [0.2, 0.25) is 0 Å². The van der Waals surface area contributed by atoms with Crippen molar-refractivity contribution in [3.8, 4) is 0 Å². The highest BCUT2D eigenvalue weighted by Gasteiger charge is 2.00. The maximum Gasteiger partial charge on any atom is 0.0585 e. The zero-order valence-electron chi connectivity index (χ0n) is 11.1. The van der Waals surface area contributed by atoms with Crippen LogP contribution in [0.2, 0.25) is 0 Å². The first-order chi connectivity index (χ1) is 8.54. The Bertz CT molecular complexity index is 415. The first kappa shape index (κ1) is 16.4. The standard InChI is InChI=1S/C14H20BrN3/c1-6-8-17-10-11(3)18-14(12(4)16-5)9-13(15)7-2/h6-10,16,18H,2-3H2,1,4-5H3/b8-6-,13-9+,14-12-,17-10-. The van der Waals surface area contributed by atoms with Gasteiger partial charge in [-0.05, 0) is 19.9 Å². The van der Waals surface area contributed by atoms with E-state index >= 15 is 0 Å². The molecule has 0 amide bonds. The molecule has 0 bridgehead atoms. The van der Waals surface area contributed by atoms with Gasteiger partial charge in [0, 0.05) is 35.3 Å². The van der Waals surface area contributed by atoms with E-state index in [0.717, 1.165) is 15.9 Å². The van der Waals surface area contributed by atoms with Crippen LogP contribution in [0.25, 0.3) is 0 Å². The van der Waals surface area contributed by atoms with E-state index in [0.29, 0.717) is 5.70 Å². The third-order valence-electron chi connectivity index (χ3n) is 2.02. The molecular weight excluding hydrogens is 290 g/mol. The maximum absolute atomic E-state index is 4.06. The SMILES string of the molecule is C=C/C(Br)=C\C(NC(=C)/C=N\C=C/C)=C(/C)NC. The number of aliphatic imine (C=N–C) groups is 1. The lowest BCUT2D eigenvalue weighted by atomic mass is 10.3. The number of nitrogens with zero attached hydrogens (tertiary/aromatic N) is 1. The highest BCUT2D eigenvalue weighted by atomic mass is 79.9. The van der Waals surface area contributed by atoms with Crippen molar-refractivity contribution in [1.29, 1.82) is 0 Å². The van der Waals surface area contributed by atoms with Crippen molar-refractivity contribution in [3.63, 3.8) is 0 Å². The number of halogens is 1. The summed E-state index contributed by atoms with van der Waals surface area (Å²) in [6, 6.07) is 0. The molecule has 0 aromatic carbocycles. The first-order valence-corrected chi connectivity index (χ1v) is 6.33. The van der Waals surface area contributed by atoms with Gasteiger partial charge in [-0.2, -0.15) is 0 Å². The molecule has 18 heavy (non-hydrogen) atoms. The molecule has 0 atom stereocenters. The minimum Gasteiger partial charge on any atom is -0.390 e. The first-order valence-electron chi connectivity index (χ1n) is 5.53. The summed E-state index contributed by atoms with van der Waals surface area (Å²) < 4.78 is 0.887. The zero-order valence-corrected chi connectivity index (χ0v) is 12.7. The third kappa shape index (κ3) is 6.91. The van der Waals surface area contributed by atoms with Gasteiger partial charge >= 0.3 is 0 Å². The summed E-state index contributed by atoms with van der Waals surface area (Å²) in [5, 5.41) is 6.26. The van der Waals surface area contributed by atoms with Gasteiger partial charge < -0.3 is 10.6 Å². The van der Waals surface area contributed by atoms with Crippen molar-refractivity contribution in [2.24, 2.45) is 4.99 Å². The average molecular weight is 310 g/mol. The molecule has 0 aliphatic heterocycles. The molecule has 98 valence electrons. The largest absolute Gasteiger partial charge is 0.390 e. The van der Waals surface area contributed by atoms with Crippen LogP contribution in [0.5, 0.6) is 0 Å². The average Bonchev–Trinajstić information content (AvgIpc) is 2.37. The van der Waals surface area contributed by atoms with Gasteiger partial charge in [0.05, 0.1) is 5.70 Å². The smallest absolute Gasteiger partial charge is 0.0585 e. The molecular formula is C14H20BrN3. The zero-order chi connectivity index (χ0) is 14.0. The fourth-order valence-corrected chi connectivity index (χ4v) is 1.22. The molecule has 3 nitrogen and oxygen atoms in total. The Hall–Kier alpha value is -1.55. The molecule has 0 spiro atoms. The summed E-state index contributed by atoms with van der Waals surface area (Å²) in [7, 11) is 1.86. The molecule has 0 unspecified atom stereocenters. The van der Waals surface area contributed by atoms with Crippen LogP contribution >= 0.6 is 15.9 Å². The fraction of sp³-hybridized carbons (Fsp3) is 0.214. The Morgan fingerprint density at radius 1 is 1.39 bits per heavy atom. The molecule has 0 rings (SSSR count). The number of hydrogen-bond donors (Lipinski definition) is 2. The lowest BCUT2D eigenvalue weighted by Crippen LogP contribution is -2.17. The van der Waals surface area contributed by atoms with Crippen LogP contribution in [-0.4, -0.2) is 13.3 Å². The highest BCUT2D eigenvalue weighted by molar-refractivity contribution is 9.11. The van der Waals surface area contributed by atoms with Crippen LogP contribution in [0, 0.1) is 0 Å². The lowest BCUT2D eigenvalue weighted by molar-refractivity contribution is 0.918. The van der Waals surface area contributed by atoms with Gasteiger partial charge in [0.25, 0.3) is 0 Å². The van der Waals surface area contributed by atoms with Gasteiger partial charge in [0.1, 0.15) is 0 Å². The van der Waals surface area contributed by atoms with Gasteiger partial charge in [0.15, 0.2) is 0 Å². The molecule has 0 aromatic heterocycles. The molecule has 4 heteroatoms. The van der Waals surface area contributed by atoms with Crippen LogP contribution in [0.4, 0.5) is 0 Å². The topological polar surface area (TPSA) is 36.4 Å². The van der Waals surface area contributed by atoms with Gasteiger partial charge in [-0.25, -0.2) is 0 Å². The second-order valence-corrected chi connectivity index (χ2v) is 4.35. The van der Waals surface area contributed by atoms with Crippen LogP contribution in [-0.2, 0) is 0 Å². The predicted molar refractivity (Wildman–Crippen MR) is 84.5 cm³/mol. The Morgan fingerprint density at radius 2 is 2.06 bits per heavy atom. The van der Waals surface area contributed by atoms with Crippen molar-refractivity contribution < 1.29 is 0 Å². The fourth-order valence-electron chi connectivity index (χ4n) is 0.994. The van der Waals surface area contributed by atoms with E-state index in [1.54, 1.807) is 18.5 Å². The molecule has 0 fully saturated rings. The predicted octanol–water partition coefficient (Wildman–Crippen LogP) is 3.61. The van der Waals surface area contributed by atoms with Crippen molar-refractivity contribution >= 4 is 22.1 Å². The van der Waals surface area contributed by atoms with E-state index in [2.05, 4.69) is 44.7 Å². The van der Waals surface area contributed by atoms with Crippen molar-refractivity contribution in [1.82, 2.24) is 10.6 Å². The summed E-state index contributed by atoms with van der Waals surface area (Å²) in [5.41, 5.74) is 2.61. The van der Waals surface area contributed by atoms with Crippen molar-refractivity contribution in [2.45, 2.75) is 13.8 Å². The van der Waals surface area contributed by atoms with Gasteiger partial charge in [-0.3, -0.25) is 4.99 Å². The minimum atomic E-state index is 0.707. The Labute approximate surface area is 118 Å². The number of hydrogen-bond acceptors (Lipinski definition) is 3. The van der Waals surface area contributed by atoms with Crippen LogP contribution in [0.3, 0.4) is 0 Å². The summed E-state index contributed by atoms with van der Waals surface area (Å²) in [6.45, 7) is 11.5. The Kier molecular flexibility index (Phi) is 8.66. The Morgan fingerprint density at radius 3 is 2.56 bits per heavy atom. The second kappa shape index (κ2) is 9.48. The number of allylic oxidation sites excluding steroid dienone is 6. The lowest BCUT2D eigenvalue weighted by Gasteiger charge is -2.11. The minimum absolute atomic E-state index is 0.707. The summed E-state index contributed by atoms with van der Waals surface area (Å²) in [6.07, 6.45) is 8.87. The van der Waals surface area contributed by atoms with Crippen molar-refractivity contribution in [2.75, 3.05) is 7.05 Å².